The predicted molar refractivity (Wildman–Crippen MR) is 120 cm³/mol. The molecule has 1 unspecified atom stereocenters. The van der Waals surface area contributed by atoms with E-state index in [4.69, 9.17) is 4.74 Å². The number of amides is 1. The lowest BCUT2D eigenvalue weighted by atomic mass is 10.1. The fourth-order valence-electron chi connectivity index (χ4n) is 3.55. The second-order valence-corrected chi connectivity index (χ2v) is 9.56. The first-order valence-electron chi connectivity index (χ1n) is 10.5. The van der Waals surface area contributed by atoms with Crippen LogP contribution in [0.15, 0.2) is 53.4 Å². The van der Waals surface area contributed by atoms with Gasteiger partial charge >= 0.3 is 11.9 Å². The first kappa shape index (κ1) is 24.4. The van der Waals surface area contributed by atoms with Crippen molar-refractivity contribution in [3.63, 3.8) is 0 Å². The van der Waals surface area contributed by atoms with Gasteiger partial charge in [0, 0.05) is 12.2 Å². The molecule has 10 heteroatoms. The van der Waals surface area contributed by atoms with Crippen molar-refractivity contribution in [2.45, 2.75) is 37.1 Å². The fraction of sp³-hybridized carbons (Fsp3) is 0.348. The Balaban J connectivity index is 1.64. The molecule has 0 aromatic heterocycles. The van der Waals surface area contributed by atoms with Crippen LogP contribution >= 0.6 is 0 Å². The second kappa shape index (κ2) is 10.6. The van der Waals surface area contributed by atoms with Crippen molar-refractivity contribution >= 4 is 33.6 Å². The predicted octanol–water partition coefficient (Wildman–Crippen LogP) is 2.51. The van der Waals surface area contributed by atoms with Crippen LogP contribution in [-0.4, -0.2) is 56.9 Å². The standard InChI is InChI=1S/C23H26N2O7S/c1-16-9-11-19(12-10-16)33(29,30)25-13-4-3-8-20(25)23(28)32-15-21(26)24-18-7-5-6-17(14-18)22(27)31-2/h5-7,9-12,14,20H,3-4,8,13,15H2,1-2H3,(H,24,26). The Labute approximate surface area is 192 Å². The number of nitrogens with zero attached hydrogens (tertiary/aromatic N) is 1. The second-order valence-electron chi connectivity index (χ2n) is 7.67. The molecule has 1 heterocycles. The molecule has 3 rings (SSSR count). The fourth-order valence-corrected chi connectivity index (χ4v) is 5.19. The minimum atomic E-state index is -3.89. The van der Waals surface area contributed by atoms with E-state index in [-0.39, 0.29) is 17.0 Å². The van der Waals surface area contributed by atoms with Crippen LogP contribution in [0.1, 0.15) is 35.2 Å². The number of esters is 2. The summed E-state index contributed by atoms with van der Waals surface area (Å²) in [6, 6.07) is 11.5. The summed E-state index contributed by atoms with van der Waals surface area (Å²) in [5.74, 6) is -1.94. The number of ether oxygens (including phenoxy) is 2. The SMILES string of the molecule is COC(=O)c1cccc(NC(=O)COC(=O)C2CCCCN2S(=O)(=O)c2ccc(C)cc2)c1. The first-order valence-corrected chi connectivity index (χ1v) is 11.9. The number of methoxy groups -OCH3 is 1. The van der Waals surface area contributed by atoms with Crippen molar-refractivity contribution < 1.29 is 32.3 Å². The maximum absolute atomic E-state index is 13.1. The summed E-state index contributed by atoms with van der Waals surface area (Å²) in [5.41, 5.74) is 1.51. The molecule has 176 valence electrons. The van der Waals surface area contributed by atoms with Crippen molar-refractivity contribution in [2.24, 2.45) is 0 Å². The van der Waals surface area contributed by atoms with Gasteiger partial charge in [0.05, 0.1) is 17.6 Å². The highest BCUT2D eigenvalue weighted by atomic mass is 32.2. The van der Waals surface area contributed by atoms with Gasteiger partial charge in [0.25, 0.3) is 5.91 Å². The first-order chi connectivity index (χ1) is 15.7. The van der Waals surface area contributed by atoms with Gasteiger partial charge < -0.3 is 14.8 Å². The van der Waals surface area contributed by atoms with E-state index in [0.29, 0.717) is 24.9 Å². The van der Waals surface area contributed by atoms with Crippen molar-refractivity contribution in [1.82, 2.24) is 4.31 Å². The molecule has 0 bridgehead atoms. The van der Waals surface area contributed by atoms with E-state index >= 15 is 0 Å². The largest absolute Gasteiger partial charge is 0.465 e. The van der Waals surface area contributed by atoms with Crippen LogP contribution in [0.5, 0.6) is 0 Å². The summed E-state index contributed by atoms with van der Waals surface area (Å²) in [6.45, 7) is 1.47. The molecular formula is C23H26N2O7S. The molecule has 0 spiro atoms. The highest BCUT2D eigenvalue weighted by Crippen LogP contribution is 2.26. The van der Waals surface area contributed by atoms with E-state index in [2.05, 4.69) is 10.1 Å². The maximum atomic E-state index is 13.1. The lowest BCUT2D eigenvalue weighted by Gasteiger charge is -2.33. The third kappa shape index (κ3) is 5.96. The van der Waals surface area contributed by atoms with Gasteiger partial charge in [-0.3, -0.25) is 9.59 Å². The number of hydrogen-bond donors (Lipinski definition) is 1. The molecule has 1 amide bonds. The van der Waals surface area contributed by atoms with Gasteiger partial charge in [-0.05, 0) is 56.5 Å². The summed E-state index contributed by atoms with van der Waals surface area (Å²) < 4.78 is 37.2. The molecule has 9 nitrogen and oxygen atoms in total. The molecule has 0 saturated carbocycles. The molecule has 1 atom stereocenters. The number of benzene rings is 2. The zero-order chi connectivity index (χ0) is 24.0. The molecule has 0 aliphatic carbocycles. The van der Waals surface area contributed by atoms with Crippen LogP contribution in [0.25, 0.3) is 0 Å². The lowest BCUT2D eigenvalue weighted by molar-refractivity contribution is -0.152. The van der Waals surface area contributed by atoms with Crippen molar-refractivity contribution in [3.8, 4) is 0 Å². The number of nitrogens with one attached hydrogen (secondary N) is 1. The van der Waals surface area contributed by atoms with Gasteiger partial charge in [0.1, 0.15) is 6.04 Å². The number of piperidine rings is 1. The maximum Gasteiger partial charge on any atom is 0.337 e. The minimum Gasteiger partial charge on any atom is -0.465 e. The molecule has 1 aliphatic heterocycles. The molecule has 2 aromatic carbocycles. The number of sulfonamides is 1. The van der Waals surface area contributed by atoms with Gasteiger partial charge in [-0.15, -0.1) is 0 Å². The highest BCUT2D eigenvalue weighted by Gasteiger charge is 2.38. The van der Waals surface area contributed by atoms with Crippen molar-refractivity contribution in [3.05, 3.63) is 59.7 Å². The van der Waals surface area contributed by atoms with E-state index in [9.17, 15) is 22.8 Å². The van der Waals surface area contributed by atoms with Crippen LogP contribution in [0.4, 0.5) is 5.69 Å². The Morgan fingerprint density at radius 2 is 1.82 bits per heavy atom. The van der Waals surface area contributed by atoms with E-state index in [1.165, 1.54) is 31.4 Å². The van der Waals surface area contributed by atoms with Crippen LogP contribution < -0.4 is 5.32 Å². The molecule has 1 fully saturated rings. The van der Waals surface area contributed by atoms with Gasteiger partial charge in [-0.2, -0.15) is 4.31 Å². The van der Waals surface area contributed by atoms with Gasteiger partial charge in [-0.1, -0.05) is 23.8 Å². The molecular weight excluding hydrogens is 448 g/mol. The van der Waals surface area contributed by atoms with Gasteiger partial charge in [0.15, 0.2) is 6.61 Å². The Kier molecular flexibility index (Phi) is 7.83. The minimum absolute atomic E-state index is 0.107. The summed E-state index contributed by atoms with van der Waals surface area (Å²) >= 11 is 0. The summed E-state index contributed by atoms with van der Waals surface area (Å²) in [7, 11) is -2.64. The number of rotatable bonds is 7. The third-order valence-corrected chi connectivity index (χ3v) is 7.19. The summed E-state index contributed by atoms with van der Waals surface area (Å²) in [5, 5.41) is 2.54. The monoisotopic (exact) mass is 474 g/mol. The molecule has 2 aromatic rings. The van der Waals surface area contributed by atoms with E-state index in [0.717, 1.165) is 9.87 Å². The Bertz CT molecular complexity index is 1130. The van der Waals surface area contributed by atoms with Crippen LogP contribution in [0.2, 0.25) is 0 Å². The normalized spacial score (nSPS) is 16.6. The van der Waals surface area contributed by atoms with Gasteiger partial charge in [0.2, 0.25) is 10.0 Å². The zero-order valence-electron chi connectivity index (χ0n) is 18.4. The van der Waals surface area contributed by atoms with Crippen LogP contribution in [0.3, 0.4) is 0 Å². The number of aryl methyl sites for hydroxylation is 1. The number of hydrogen-bond acceptors (Lipinski definition) is 7. The van der Waals surface area contributed by atoms with Crippen LogP contribution in [0, 0.1) is 6.92 Å². The Hall–Kier alpha value is -3.24. The van der Waals surface area contributed by atoms with Crippen LogP contribution in [-0.2, 0) is 29.1 Å². The highest BCUT2D eigenvalue weighted by molar-refractivity contribution is 7.89. The number of carbonyl (C=O) groups excluding carboxylic acids is 3. The summed E-state index contributed by atoms with van der Waals surface area (Å²) in [4.78, 5) is 36.7. The van der Waals surface area contributed by atoms with Crippen molar-refractivity contribution in [1.29, 1.82) is 0 Å². The van der Waals surface area contributed by atoms with Crippen molar-refractivity contribution in [2.75, 3.05) is 25.6 Å². The molecule has 33 heavy (non-hydrogen) atoms. The smallest absolute Gasteiger partial charge is 0.337 e. The van der Waals surface area contributed by atoms with E-state index in [1.807, 2.05) is 6.92 Å². The molecule has 0 radical (unpaired) electrons. The molecule has 1 N–H and O–H groups in total. The third-order valence-electron chi connectivity index (χ3n) is 5.27. The Morgan fingerprint density at radius 3 is 2.52 bits per heavy atom. The van der Waals surface area contributed by atoms with E-state index < -0.39 is 40.5 Å². The number of anilines is 1. The molecule has 1 aliphatic rings. The average Bonchev–Trinajstić information content (AvgIpc) is 2.82. The lowest BCUT2D eigenvalue weighted by Crippen LogP contribution is -2.48. The Morgan fingerprint density at radius 1 is 1.09 bits per heavy atom. The topological polar surface area (TPSA) is 119 Å². The average molecular weight is 475 g/mol. The summed E-state index contributed by atoms with van der Waals surface area (Å²) in [6.07, 6.45) is 1.62. The number of carbonyl (C=O) groups is 3. The quantitative estimate of drug-likeness (QED) is 0.613. The zero-order valence-corrected chi connectivity index (χ0v) is 19.3. The van der Waals surface area contributed by atoms with E-state index in [1.54, 1.807) is 24.3 Å². The molecule has 1 saturated heterocycles. The van der Waals surface area contributed by atoms with Gasteiger partial charge in [-0.25, -0.2) is 13.2 Å².